The lowest BCUT2D eigenvalue weighted by molar-refractivity contribution is 0.212. The van der Waals surface area contributed by atoms with E-state index >= 15 is 0 Å². The normalized spacial score (nSPS) is 14.1. The van der Waals surface area contributed by atoms with Gasteiger partial charge in [0.1, 0.15) is 5.75 Å². The van der Waals surface area contributed by atoms with Crippen molar-refractivity contribution in [2.75, 3.05) is 7.11 Å². The molecular weight excluding hydrogens is 252 g/mol. The van der Waals surface area contributed by atoms with Gasteiger partial charge < -0.3 is 9.16 Å². The first kappa shape index (κ1) is 16.3. The molecule has 0 saturated carbocycles. The summed E-state index contributed by atoms with van der Waals surface area (Å²) in [7, 11) is 0.435. The zero-order chi connectivity index (χ0) is 14.1. The summed E-state index contributed by atoms with van der Waals surface area (Å²) in [4.78, 5) is 0. The largest absolute Gasteiger partial charge is 0.497 e. The summed E-state index contributed by atoms with van der Waals surface area (Å²) < 4.78 is 11.4. The molecule has 19 heavy (non-hydrogen) atoms. The van der Waals surface area contributed by atoms with Crippen molar-refractivity contribution in [3.05, 3.63) is 24.3 Å². The summed E-state index contributed by atoms with van der Waals surface area (Å²) in [5.74, 6) is 0.914. The van der Waals surface area contributed by atoms with Crippen LogP contribution in [0.4, 0.5) is 0 Å². The summed E-state index contributed by atoms with van der Waals surface area (Å²) in [5.41, 5.74) is 0. The Morgan fingerprint density at radius 2 is 1.79 bits per heavy atom. The van der Waals surface area contributed by atoms with E-state index in [1.165, 1.54) is 37.3 Å². The second-order valence-electron chi connectivity index (χ2n) is 5.21. The zero-order valence-corrected chi connectivity index (χ0v) is 14.0. The van der Waals surface area contributed by atoms with Crippen LogP contribution in [-0.4, -0.2) is 22.3 Å². The SMILES string of the molecule is CCCCCCC(C)O[SiH](C)c1ccc(OC)cc1. The van der Waals surface area contributed by atoms with Crippen LogP contribution in [0, 0.1) is 0 Å². The Morgan fingerprint density at radius 3 is 2.37 bits per heavy atom. The van der Waals surface area contributed by atoms with Gasteiger partial charge in [0.2, 0.25) is 9.04 Å². The maximum absolute atomic E-state index is 6.19. The van der Waals surface area contributed by atoms with Crippen LogP contribution in [-0.2, 0) is 4.43 Å². The fraction of sp³-hybridized carbons (Fsp3) is 0.625. The summed E-state index contributed by atoms with van der Waals surface area (Å²) >= 11 is 0. The molecule has 2 nitrogen and oxygen atoms in total. The predicted molar refractivity (Wildman–Crippen MR) is 84.9 cm³/mol. The van der Waals surface area contributed by atoms with Crippen molar-refractivity contribution in [2.45, 2.75) is 58.6 Å². The highest BCUT2D eigenvalue weighted by atomic mass is 28.3. The molecule has 0 spiro atoms. The molecule has 1 aromatic rings. The quantitative estimate of drug-likeness (QED) is 0.508. The second kappa shape index (κ2) is 9.16. The highest BCUT2D eigenvalue weighted by Gasteiger charge is 2.12. The standard InChI is InChI=1S/C16H28O2Si/c1-5-6-7-8-9-14(2)18-19(4)16-12-10-15(17-3)11-13-16/h10-14,19H,5-9H2,1-4H3. The van der Waals surface area contributed by atoms with Gasteiger partial charge in [0.05, 0.1) is 7.11 Å². The molecule has 1 aromatic carbocycles. The minimum atomic E-state index is -1.26. The fourth-order valence-corrected chi connectivity index (χ4v) is 3.95. The Morgan fingerprint density at radius 1 is 1.11 bits per heavy atom. The first-order valence-corrected chi connectivity index (χ1v) is 9.67. The number of benzene rings is 1. The van der Waals surface area contributed by atoms with Crippen molar-refractivity contribution in [1.82, 2.24) is 0 Å². The lowest BCUT2D eigenvalue weighted by Gasteiger charge is -2.19. The highest BCUT2D eigenvalue weighted by molar-refractivity contribution is 6.66. The van der Waals surface area contributed by atoms with E-state index in [4.69, 9.17) is 9.16 Å². The molecule has 0 amide bonds. The van der Waals surface area contributed by atoms with Gasteiger partial charge in [0, 0.05) is 6.10 Å². The second-order valence-corrected chi connectivity index (χ2v) is 7.43. The average molecular weight is 280 g/mol. The van der Waals surface area contributed by atoms with Gasteiger partial charge in [-0.15, -0.1) is 0 Å². The lowest BCUT2D eigenvalue weighted by atomic mass is 10.1. The third-order valence-corrected chi connectivity index (χ3v) is 5.68. The number of rotatable bonds is 9. The maximum atomic E-state index is 6.19. The van der Waals surface area contributed by atoms with Crippen LogP contribution in [0.5, 0.6) is 5.75 Å². The van der Waals surface area contributed by atoms with Gasteiger partial charge in [0.15, 0.2) is 0 Å². The number of unbranched alkanes of at least 4 members (excludes halogenated alkanes) is 3. The summed E-state index contributed by atoms with van der Waals surface area (Å²) in [6.07, 6.45) is 6.85. The summed E-state index contributed by atoms with van der Waals surface area (Å²) in [6.45, 7) is 6.71. The van der Waals surface area contributed by atoms with Crippen molar-refractivity contribution in [3.8, 4) is 5.75 Å². The van der Waals surface area contributed by atoms with Crippen LogP contribution < -0.4 is 9.92 Å². The maximum Gasteiger partial charge on any atom is 0.205 e. The Labute approximate surface area is 119 Å². The van der Waals surface area contributed by atoms with Crippen molar-refractivity contribution in [2.24, 2.45) is 0 Å². The van der Waals surface area contributed by atoms with Gasteiger partial charge in [0.25, 0.3) is 0 Å². The summed E-state index contributed by atoms with van der Waals surface area (Å²) in [5, 5.41) is 1.35. The molecule has 0 heterocycles. The van der Waals surface area contributed by atoms with Crippen LogP contribution in [0.25, 0.3) is 0 Å². The molecule has 3 heteroatoms. The molecular formula is C16H28O2Si. The Balaban J connectivity index is 2.33. The molecule has 0 radical (unpaired) electrons. The van der Waals surface area contributed by atoms with Gasteiger partial charge in [-0.1, -0.05) is 44.7 Å². The molecule has 0 aliphatic rings. The zero-order valence-electron chi connectivity index (χ0n) is 12.8. The van der Waals surface area contributed by atoms with Gasteiger partial charge in [-0.3, -0.25) is 0 Å². The average Bonchev–Trinajstić information content (AvgIpc) is 2.43. The molecule has 0 fully saturated rings. The molecule has 0 N–H and O–H groups in total. The Bertz CT molecular complexity index is 337. The molecule has 2 atom stereocenters. The van der Waals surface area contributed by atoms with E-state index in [0.717, 1.165) is 5.75 Å². The van der Waals surface area contributed by atoms with E-state index in [1.54, 1.807) is 7.11 Å². The molecule has 108 valence electrons. The third kappa shape index (κ3) is 6.26. The van der Waals surface area contributed by atoms with Crippen LogP contribution in [0.3, 0.4) is 0 Å². The van der Waals surface area contributed by atoms with Crippen molar-refractivity contribution in [1.29, 1.82) is 0 Å². The number of hydrogen-bond acceptors (Lipinski definition) is 2. The van der Waals surface area contributed by atoms with Gasteiger partial charge in [-0.05, 0) is 37.2 Å². The van der Waals surface area contributed by atoms with Gasteiger partial charge >= 0.3 is 0 Å². The first-order valence-electron chi connectivity index (χ1n) is 7.46. The minimum Gasteiger partial charge on any atom is -0.497 e. The van der Waals surface area contributed by atoms with E-state index in [-0.39, 0.29) is 0 Å². The van der Waals surface area contributed by atoms with Crippen LogP contribution in [0.1, 0.15) is 46.0 Å². The monoisotopic (exact) mass is 280 g/mol. The van der Waals surface area contributed by atoms with E-state index in [1.807, 2.05) is 12.1 Å². The molecule has 0 saturated heterocycles. The third-order valence-electron chi connectivity index (χ3n) is 3.49. The van der Waals surface area contributed by atoms with E-state index in [9.17, 15) is 0 Å². The Kier molecular flexibility index (Phi) is 7.83. The smallest absolute Gasteiger partial charge is 0.205 e. The van der Waals surface area contributed by atoms with Crippen LogP contribution in [0.15, 0.2) is 24.3 Å². The van der Waals surface area contributed by atoms with E-state index in [0.29, 0.717) is 6.10 Å². The molecule has 0 aromatic heterocycles. The summed E-state index contributed by atoms with van der Waals surface area (Å²) in [6, 6.07) is 8.32. The first-order chi connectivity index (χ1) is 9.17. The topological polar surface area (TPSA) is 18.5 Å². The van der Waals surface area contributed by atoms with Crippen LogP contribution in [0.2, 0.25) is 6.55 Å². The predicted octanol–water partition coefficient (Wildman–Crippen LogP) is 3.63. The molecule has 2 unspecified atom stereocenters. The molecule has 0 aliphatic heterocycles. The highest BCUT2D eigenvalue weighted by Crippen LogP contribution is 2.10. The fourth-order valence-electron chi connectivity index (χ4n) is 2.23. The van der Waals surface area contributed by atoms with Crippen molar-refractivity contribution >= 4 is 14.2 Å². The van der Waals surface area contributed by atoms with E-state index < -0.39 is 9.04 Å². The van der Waals surface area contributed by atoms with Crippen LogP contribution >= 0.6 is 0 Å². The lowest BCUT2D eigenvalue weighted by Crippen LogP contribution is -2.33. The number of hydrogen-bond donors (Lipinski definition) is 0. The number of ether oxygens (including phenoxy) is 1. The number of methoxy groups -OCH3 is 1. The van der Waals surface area contributed by atoms with Gasteiger partial charge in [-0.2, -0.15) is 0 Å². The Hall–Kier alpha value is -0.803. The molecule has 0 aliphatic carbocycles. The molecule has 0 bridgehead atoms. The van der Waals surface area contributed by atoms with E-state index in [2.05, 4.69) is 32.5 Å². The molecule has 1 rings (SSSR count). The minimum absolute atomic E-state index is 0.389. The van der Waals surface area contributed by atoms with Gasteiger partial charge in [-0.25, -0.2) is 0 Å². The van der Waals surface area contributed by atoms with Crippen molar-refractivity contribution < 1.29 is 9.16 Å². The van der Waals surface area contributed by atoms with Crippen molar-refractivity contribution in [3.63, 3.8) is 0 Å².